The van der Waals surface area contributed by atoms with Crippen molar-refractivity contribution in [1.82, 2.24) is 9.97 Å². The number of benzene rings is 1. The van der Waals surface area contributed by atoms with E-state index in [0.29, 0.717) is 41.3 Å². The zero-order chi connectivity index (χ0) is 20.4. The van der Waals surface area contributed by atoms with E-state index in [9.17, 15) is 4.79 Å². The van der Waals surface area contributed by atoms with Gasteiger partial charge in [0.05, 0.1) is 0 Å². The van der Waals surface area contributed by atoms with Crippen molar-refractivity contribution >= 4 is 62.9 Å². The number of nitrogens with zero attached hydrogens (tertiary/aromatic N) is 2. The van der Waals surface area contributed by atoms with Gasteiger partial charge in [0, 0.05) is 22.3 Å². The zero-order valence-electron chi connectivity index (χ0n) is 15.1. The third-order valence-electron chi connectivity index (χ3n) is 3.94. The molecule has 0 fully saturated rings. The van der Waals surface area contributed by atoms with Gasteiger partial charge in [-0.1, -0.05) is 58.4 Å². The molecule has 3 rings (SSSR count). The Hall–Kier alpha value is -1.51. The molecule has 2 aromatic heterocycles. The summed E-state index contributed by atoms with van der Waals surface area (Å²) in [6.45, 7) is 3.67. The van der Waals surface area contributed by atoms with E-state index >= 15 is 0 Å². The molecule has 0 unspecified atom stereocenters. The number of aromatic nitrogens is 2. The highest BCUT2D eigenvalue weighted by molar-refractivity contribution is 8.22. The van der Waals surface area contributed by atoms with Crippen molar-refractivity contribution in [2.24, 2.45) is 0 Å². The first-order valence-electron chi connectivity index (χ1n) is 8.00. The highest BCUT2D eigenvalue weighted by atomic mass is 35.5. The number of hydrogen-bond donors (Lipinski definition) is 0. The number of pyridine rings is 1. The van der Waals surface area contributed by atoms with Gasteiger partial charge in [-0.15, -0.1) is 0 Å². The highest BCUT2D eigenvalue weighted by Gasteiger charge is 2.22. The Morgan fingerprint density at radius 3 is 2.50 bits per heavy atom. The molecule has 0 aliphatic heterocycles. The molecule has 4 nitrogen and oxygen atoms in total. The van der Waals surface area contributed by atoms with Gasteiger partial charge in [-0.05, 0) is 55.6 Å². The molecule has 0 bridgehead atoms. The van der Waals surface area contributed by atoms with Gasteiger partial charge in [-0.3, -0.25) is 4.79 Å². The molecule has 0 aliphatic rings. The number of thiocarbonyl (C=S) groups is 1. The van der Waals surface area contributed by atoms with E-state index in [-0.39, 0.29) is 0 Å². The molecular formula is C19H14Cl2N2O2S3. The maximum atomic E-state index is 13.1. The fourth-order valence-electron chi connectivity index (χ4n) is 2.61. The van der Waals surface area contributed by atoms with Crippen molar-refractivity contribution in [3.63, 3.8) is 0 Å². The zero-order valence-corrected chi connectivity index (χ0v) is 19.0. The lowest BCUT2D eigenvalue weighted by Gasteiger charge is -2.14. The molecule has 0 atom stereocenters. The molecule has 144 valence electrons. The van der Waals surface area contributed by atoms with Crippen LogP contribution in [-0.4, -0.2) is 20.6 Å². The first kappa shape index (κ1) is 21.2. The number of thioether (sulfide) groups is 1. The predicted molar refractivity (Wildman–Crippen MR) is 123 cm³/mol. The fraction of sp³-hybridized carbons (Fsp3) is 0.158. The first-order chi connectivity index (χ1) is 13.3. The van der Waals surface area contributed by atoms with Crippen LogP contribution in [0.5, 0.6) is 5.06 Å². The van der Waals surface area contributed by atoms with Crippen LogP contribution in [0.4, 0.5) is 0 Å². The Labute approximate surface area is 185 Å². The number of hydrogen-bond acceptors (Lipinski definition) is 7. The maximum Gasteiger partial charge on any atom is 0.283 e. The van der Waals surface area contributed by atoms with Crippen LogP contribution >= 0.6 is 58.5 Å². The summed E-state index contributed by atoms with van der Waals surface area (Å²) in [6, 6.07) is 7.09. The van der Waals surface area contributed by atoms with Gasteiger partial charge in [0.25, 0.3) is 5.56 Å². The van der Waals surface area contributed by atoms with Crippen LogP contribution < -0.4 is 10.3 Å². The molecule has 0 spiro atoms. The molecule has 0 N–H and O–H groups in total. The number of ether oxygens (including phenoxy) is 1. The normalized spacial score (nSPS) is 10.8. The Bertz CT molecular complexity index is 1120. The summed E-state index contributed by atoms with van der Waals surface area (Å²) in [6.07, 6.45) is 3.43. The standard InChI is InChI=1S/C19H14Cl2N2O2S3/c1-9-8-22-15(21)10(2)13(9)14-16(24)23-17(11-4-6-12(20)7-5-11)28-18(14)25-19(26)27-3/h4-8H,1-3H3. The molecule has 0 saturated heterocycles. The highest BCUT2D eigenvalue weighted by Crippen LogP contribution is 2.39. The second-order valence-corrected chi connectivity index (χ2v) is 8.95. The average Bonchev–Trinajstić information content (AvgIpc) is 2.67. The Morgan fingerprint density at radius 2 is 1.86 bits per heavy atom. The van der Waals surface area contributed by atoms with E-state index in [1.165, 1.54) is 23.1 Å². The monoisotopic (exact) mass is 468 g/mol. The average molecular weight is 469 g/mol. The first-order valence-corrected chi connectivity index (χ1v) is 11.2. The van der Waals surface area contributed by atoms with E-state index in [2.05, 4.69) is 9.97 Å². The van der Waals surface area contributed by atoms with Crippen LogP contribution in [0.2, 0.25) is 10.2 Å². The minimum absolute atomic E-state index is 0.306. The van der Waals surface area contributed by atoms with Crippen molar-refractivity contribution < 1.29 is 4.74 Å². The molecule has 1 aromatic carbocycles. The Morgan fingerprint density at radius 1 is 1.18 bits per heavy atom. The minimum Gasteiger partial charge on any atom is -0.428 e. The smallest absolute Gasteiger partial charge is 0.283 e. The van der Waals surface area contributed by atoms with E-state index in [1.807, 2.05) is 20.1 Å². The molecule has 2 heterocycles. The molecule has 28 heavy (non-hydrogen) atoms. The number of halogens is 2. The van der Waals surface area contributed by atoms with Gasteiger partial charge in [0.1, 0.15) is 15.7 Å². The lowest BCUT2D eigenvalue weighted by molar-refractivity contribution is 0.596. The summed E-state index contributed by atoms with van der Waals surface area (Å²) < 4.78 is 6.16. The lowest BCUT2D eigenvalue weighted by atomic mass is 10.0. The van der Waals surface area contributed by atoms with Crippen molar-refractivity contribution in [2.45, 2.75) is 13.8 Å². The third-order valence-corrected chi connectivity index (χ3v) is 6.57. The number of aryl methyl sites for hydroxylation is 1. The van der Waals surface area contributed by atoms with Gasteiger partial charge >= 0.3 is 0 Å². The van der Waals surface area contributed by atoms with Crippen molar-refractivity contribution in [3.05, 3.63) is 62.1 Å². The maximum absolute atomic E-state index is 13.1. The van der Waals surface area contributed by atoms with Gasteiger partial charge < -0.3 is 4.74 Å². The van der Waals surface area contributed by atoms with Gasteiger partial charge in [-0.2, -0.15) is 4.98 Å². The summed E-state index contributed by atoms with van der Waals surface area (Å²) >= 11 is 19.9. The molecule has 9 heteroatoms. The molecule has 0 radical (unpaired) electrons. The van der Waals surface area contributed by atoms with Gasteiger partial charge in [-0.25, -0.2) is 4.98 Å². The van der Waals surface area contributed by atoms with Crippen LogP contribution in [0.3, 0.4) is 0 Å². The quantitative estimate of drug-likeness (QED) is 0.337. The second-order valence-electron chi connectivity index (χ2n) is 5.78. The van der Waals surface area contributed by atoms with E-state index in [1.54, 1.807) is 30.5 Å². The Balaban J connectivity index is 2.28. The van der Waals surface area contributed by atoms with Crippen LogP contribution in [0, 0.1) is 13.8 Å². The van der Waals surface area contributed by atoms with Crippen LogP contribution in [0.1, 0.15) is 11.1 Å². The predicted octanol–water partition coefficient (Wildman–Crippen LogP) is 6.18. The summed E-state index contributed by atoms with van der Waals surface area (Å²) in [5.41, 5.74) is 2.82. The fourth-order valence-corrected chi connectivity index (χ4v) is 4.21. The molecule has 3 aromatic rings. The molecule has 0 saturated carbocycles. The largest absolute Gasteiger partial charge is 0.428 e. The molecule has 0 aliphatic carbocycles. The van der Waals surface area contributed by atoms with Crippen molar-refractivity contribution in [2.75, 3.05) is 6.26 Å². The third kappa shape index (κ3) is 4.39. The molecular weight excluding hydrogens is 455 g/mol. The van der Waals surface area contributed by atoms with Crippen LogP contribution in [-0.2, 0) is 0 Å². The minimum atomic E-state index is -0.420. The van der Waals surface area contributed by atoms with Crippen LogP contribution in [0.25, 0.3) is 21.7 Å². The van der Waals surface area contributed by atoms with E-state index in [4.69, 9.17) is 40.2 Å². The van der Waals surface area contributed by atoms with Crippen molar-refractivity contribution in [1.29, 1.82) is 0 Å². The second kappa shape index (κ2) is 8.88. The van der Waals surface area contributed by atoms with Gasteiger partial charge in [0.2, 0.25) is 4.38 Å². The Kier molecular flexibility index (Phi) is 6.73. The summed E-state index contributed by atoms with van der Waals surface area (Å²) in [5.74, 6) is 0. The van der Waals surface area contributed by atoms with E-state index in [0.717, 1.165) is 11.1 Å². The van der Waals surface area contributed by atoms with Gasteiger partial charge in [0.15, 0.2) is 5.06 Å². The SMILES string of the molecule is CSC(=S)Oc1sc(-c2ccc(Cl)cc2)nc(=O)c1-c1c(C)cnc(Cl)c1C. The van der Waals surface area contributed by atoms with Crippen LogP contribution in [0.15, 0.2) is 35.3 Å². The lowest BCUT2D eigenvalue weighted by Crippen LogP contribution is -2.14. The summed E-state index contributed by atoms with van der Waals surface area (Å²) in [4.78, 5) is 21.5. The molecule has 0 amide bonds. The topological polar surface area (TPSA) is 52.1 Å². The van der Waals surface area contributed by atoms with E-state index < -0.39 is 5.56 Å². The van der Waals surface area contributed by atoms with Crippen molar-refractivity contribution in [3.8, 4) is 26.8 Å². The summed E-state index contributed by atoms with van der Waals surface area (Å²) in [7, 11) is 0. The number of rotatable bonds is 3. The summed E-state index contributed by atoms with van der Waals surface area (Å²) in [5, 5.41) is 1.81.